The topological polar surface area (TPSA) is 58.6 Å². The number of carbonyl (C=O) groups excluding carboxylic acids is 2. The first-order chi connectivity index (χ1) is 9.50. The van der Waals surface area contributed by atoms with Crippen molar-refractivity contribution in [3.8, 4) is 0 Å². The fourth-order valence-corrected chi connectivity index (χ4v) is 2.77. The zero-order chi connectivity index (χ0) is 14.8. The predicted octanol–water partition coefficient (Wildman–Crippen LogP) is 1.32. The number of carbonyl (C=O) groups is 2. The third kappa shape index (κ3) is 2.97. The average molecular weight is 282 g/mol. The predicted molar refractivity (Wildman–Crippen MR) is 76.2 cm³/mol. The minimum absolute atomic E-state index is 0.0474. The molecule has 0 spiro atoms. The van der Waals surface area contributed by atoms with Gasteiger partial charge in [-0.05, 0) is 39.0 Å². The van der Waals surface area contributed by atoms with E-state index in [0.29, 0.717) is 19.1 Å². The van der Waals surface area contributed by atoms with E-state index in [-0.39, 0.29) is 11.8 Å². The smallest absolute Gasteiger partial charge is 0.249 e. The molecule has 0 aromatic rings. The minimum Gasteiger partial charge on any atom is -0.380 e. The van der Waals surface area contributed by atoms with Crippen LogP contribution in [0.4, 0.5) is 0 Å². The van der Waals surface area contributed by atoms with Crippen molar-refractivity contribution in [3.63, 3.8) is 0 Å². The quantitative estimate of drug-likeness (QED) is 0.716. The normalized spacial score (nSPS) is 30.6. The van der Waals surface area contributed by atoms with Gasteiger partial charge in [-0.1, -0.05) is 13.3 Å². The van der Waals surface area contributed by atoms with Crippen LogP contribution in [0.2, 0.25) is 0 Å². The van der Waals surface area contributed by atoms with E-state index < -0.39 is 11.6 Å². The lowest BCUT2D eigenvalue weighted by Crippen LogP contribution is -2.69. The van der Waals surface area contributed by atoms with E-state index >= 15 is 0 Å². The van der Waals surface area contributed by atoms with Gasteiger partial charge in [0.2, 0.25) is 11.8 Å². The van der Waals surface area contributed by atoms with Gasteiger partial charge in [-0.25, -0.2) is 0 Å². The van der Waals surface area contributed by atoms with E-state index in [1.54, 1.807) is 11.8 Å². The third-order valence-corrected chi connectivity index (χ3v) is 4.45. The van der Waals surface area contributed by atoms with E-state index in [1.165, 1.54) is 0 Å². The summed E-state index contributed by atoms with van der Waals surface area (Å²) < 4.78 is 5.53. The Hall–Kier alpha value is -1.10. The molecule has 2 rings (SSSR count). The number of unbranched alkanes of at least 4 members (excludes halogenated alkanes) is 1. The summed E-state index contributed by atoms with van der Waals surface area (Å²) in [5, 5.41) is 2.92. The molecule has 1 saturated carbocycles. The summed E-state index contributed by atoms with van der Waals surface area (Å²) in [6.07, 6.45) is 4.18. The van der Waals surface area contributed by atoms with Crippen molar-refractivity contribution in [1.82, 2.24) is 10.2 Å². The molecule has 0 aromatic heterocycles. The lowest BCUT2D eigenvalue weighted by molar-refractivity contribution is -0.155. The van der Waals surface area contributed by atoms with Crippen molar-refractivity contribution in [1.29, 1.82) is 0 Å². The van der Waals surface area contributed by atoms with Crippen LogP contribution in [0.3, 0.4) is 0 Å². The average Bonchev–Trinajstić information content (AvgIpc) is 3.24. The number of nitrogens with one attached hydrogen (secondary N) is 1. The highest BCUT2D eigenvalue weighted by molar-refractivity contribution is 5.99. The van der Waals surface area contributed by atoms with E-state index in [1.807, 2.05) is 6.92 Å². The summed E-state index contributed by atoms with van der Waals surface area (Å²) in [7, 11) is 0. The molecule has 0 aromatic carbocycles. The van der Waals surface area contributed by atoms with Crippen molar-refractivity contribution in [2.24, 2.45) is 5.92 Å². The highest BCUT2D eigenvalue weighted by atomic mass is 16.5. The summed E-state index contributed by atoms with van der Waals surface area (Å²) in [6.45, 7) is 7.49. The van der Waals surface area contributed by atoms with Gasteiger partial charge in [0.15, 0.2) is 0 Å². The molecule has 1 aliphatic heterocycles. The molecular formula is C15H26N2O3. The van der Waals surface area contributed by atoms with Crippen LogP contribution in [0.5, 0.6) is 0 Å². The molecule has 114 valence electrons. The number of amides is 2. The molecule has 1 heterocycles. The van der Waals surface area contributed by atoms with Crippen LogP contribution in [0.25, 0.3) is 0 Å². The Bertz CT molecular complexity index is 381. The van der Waals surface area contributed by atoms with Crippen LogP contribution >= 0.6 is 0 Å². The first-order valence-electron chi connectivity index (χ1n) is 7.71. The Labute approximate surface area is 121 Å². The summed E-state index contributed by atoms with van der Waals surface area (Å²) >= 11 is 0. The maximum absolute atomic E-state index is 12.7. The van der Waals surface area contributed by atoms with Crippen molar-refractivity contribution >= 4 is 11.8 Å². The fourth-order valence-electron chi connectivity index (χ4n) is 2.77. The number of hydrogen-bond donors (Lipinski definition) is 1. The molecule has 1 aliphatic carbocycles. The number of rotatable bonds is 7. The molecule has 1 saturated heterocycles. The number of hydrogen-bond acceptors (Lipinski definition) is 3. The summed E-state index contributed by atoms with van der Waals surface area (Å²) in [6, 6.07) is -0.399. The Morgan fingerprint density at radius 2 is 2.05 bits per heavy atom. The van der Waals surface area contributed by atoms with Crippen LogP contribution in [0.15, 0.2) is 0 Å². The second kappa shape index (κ2) is 6.12. The molecule has 0 bridgehead atoms. The monoisotopic (exact) mass is 282 g/mol. The molecule has 2 aliphatic rings. The van der Waals surface area contributed by atoms with Gasteiger partial charge >= 0.3 is 0 Å². The Morgan fingerprint density at radius 3 is 2.65 bits per heavy atom. The number of ether oxygens (including phenoxy) is 1. The largest absolute Gasteiger partial charge is 0.380 e. The Balaban J connectivity index is 1.94. The van der Waals surface area contributed by atoms with Gasteiger partial charge in [0.25, 0.3) is 0 Å². The fraction of sp³-hybridized carbons (Fsp3) is 0.867. The van der Waals surface area contributed by atoms with Gasteiger partial charge in [0.05, 0.1) is 6.61 Å². The standard InChI is InChI=1S/C15H26N2O3/c1-4-5-9-20-10-8-17-11(2)13(18)16-15(3,14(17)19)12-6-7-12/h11-12H,4-10H2,1-3H3,(H,16,18). The highest BCUT2D eigenvalue weighted by Crippen LogP contribution is 2.42. The van der Waals surface area contributed by atoms with Gasteiger partial charge in [-0.2, -0.15) is 0 Å². The lowest BCUT2D eigenvalue weighted by atomic mass is 9.90. The minimum atomic E-state index is -0.701. The second-order valence-electron chi connectivity index (χ2n) is 6.11. The van der Waals surface area contributed by atoms with E-state index in [2.05, 4.69) is 12.2 Å². The molecular weight excluding hydrogens is 256 g/mol. The zero-order valence-corrected chi connectivity index (χ0v) is 12.8. The maximum atomic E-state index is 12.7. The number of nitrogens with zero attached hydrogens (tertiary/aromatic N) is 1. The van der Waals surface area contributed by atoms with E-state index in [4.69, 9.17) is 4.74 Å². The van der Waals surface area contributed by atoms with Crippen molar-refractivity contribution in [3.05, 3.63) is 0 Å². The van der Waals surface area contributed by atoms with Crippen LogP contribution in [0.1, 0.15) is 46.5 Å². The molecule has 0 radical (unpaired) electrons. The molecule has 2 fully saturated rings. The van der Waals surface area contributed by atoms with Gasteiger partial charge in [0, 0.05) is 13.2 Å². The van der Waals surface area contributed by atoms with Crippen molar-refractivity contribution in [2.45, 2.75) is 58.0 Å². The van der Waals surface area contributed by atoms with Crippen LogP contribution < -0.4 is 5.32 Å². The lowest BCUT2D eigenvalue weighted by Gasteiger charge is -2.43. The first kappa shape index (κ1) is 15.3. The second-order valence-corrected chi connectivity index (χ2v) is 6.11. The molecule has 5 nitrogen and oxygen atoms in total. The maximum Gasteiger partial charge on any atom is 0.249 e. The van der Waals surface area contributed by atoms with Gasteiger partial charge in [-0.3, -0.25) is 9.59 Å². The van der Waals surface area contributed by atoms with Gasteiger partial charge in [-0.15, -0.1) is 0 Å². The first-order valence-corrected chi connectivity index (χ1v) is 7.71. The van der Waals surface area contributed by atoms with E-state index in [9.17, 15) is 9.59 Å². The molecule has 2 amide bonds. The zero-order valence-electron chi connectivity index (χ0n) is 12.8. The SMILES string of the molecule is CCCCOCCN1C(=O)C(C)(C2CC2)NC(=O)C1C. The van der Waals surface area contributed by atoms with Crippen LogP contribution in [0, 0.1) is 5.92 Å². The Morgan fingerprint density at radius 1 is 1.35 bits per heavy atom. The molecule has 2 unspecified atom stereocenters. The van der Waals surface area contributed by atoms with Gasteiger partial charge < -0.3 is 15.0 Å². The van der Waals surface area contributed by atoms with Crippen LogP contribution in [-0.2, 0) is 14.3 Å². The van der Waals surface area contributed by atoms with Crippen molar-refractivity contribution in [2.75, 3.05) is 19.8 Å². The van der Waals surface area contributed by atoms with Gasteiger partial charge in [0.1, 0.15) is 11.6 Å². The Kier molecular flexibility index (Phi) is 4.68. The van der Waals surface area contributed by atoms with Crippen LogP contribution in [-0.4, -0.2) is 48.1 Å². The summed E-state index contributed by atoms with van der Waals surface area (Å²) in [5.74, 6) is 0.300. The van der Waals surface area contributed by atoms with E-state index in [0.717, 1.165) is 32.3 Å². The number of piperazine rings is 1. The van der Waals surface area contributed by atoms with Crippen molar-refractivity contribution < 1.29 is 14.3 Å². The summed E-state index contributed by atoms with van der Waals surface area (Å²) in [5.41, 5.74) is -0.701. The molecule has 20 heavy (non-hydrogen) atoms. The third-order valence-electron chi connectivity index (χ3n) is 4.45. The highest BCUT2D eigenvalue weighted by Gasteiger charge is 2.54. The summed E-state index contributed by atoms with van der Waals surface area (Å²) in [4.78, 5) is 26.4. The molecule has 1 N–H and O–H groups in total. The molecule has 2 atom stereocenters. The molecule has 5 heteroatoms.